The Morgan fingerprint density at radius 2 is 1.43 bits per heavy atom. The van der Waals surface area contributed by atoms with E-state index in [1.54, 1.807) is 14.2 Å². The molecule has 0 amide bonds. The number of rotatable bonds is 12. The lowest BCUT2D eigenvalue weighted by Gasteiger charge is -2.18. The standard InChI is InChI=1S/C31H38O6/c1-7-22(4)23-8-10-28(11-9-23)36-19-29(32)37-31-25(13-21(3)15-27(31)18-35-6)16-24-12-20(2)14-26(17-34-5)30(24)33/h8-15,22,33H,7,16-19H2,1-6H3. The van der Waals surface area contributed by atoms with E-state index in [1.807, 2.05) is 62.4 Å². The lowest BCUT2D eigenvalue weighted by molar-refractivity contribution is -0.136. The first-order valence-corrected chi connectivity index (χ1v) is 12.6. The van der Waals surface area contributed by atoms with Gasteiger partial charge in [-0.3, -0.25) is 0 Å². The predicted molar refractivity (Wildman–Crippen MR) is 145 cm³/mol. The van der Waals surface area contributed by atoms with Crippen molar-refractivity contribution in [3.8, 4) is 17.2 Å². The molecule has 0 heterocycles. The zero-order chi connectivity index (χ0) is 26.9. The second kappa shape index (κ2) is 13.3. The van der Waals surface area contributed by atoms with Crippen molar-refractivity contribution >= 4 is 5.97 Å². The van der Waals surface area contributed by atoms with Gasteiger partial charge in [-0.15, -0.1) is 0 Å². The third-order valence-electron chi connectivity index (χ3n) is 6.41. The van der Waals surface area contributed by atoms with Gasteiger partial charge >= 0.3 is 5.97 Å². The topological polar surface area (TPSA) is 74.2 Å². The quantitative estimate of drug-likeness (QED) is 0.227. The van der Waals surface area contributed by atoms with Gasteiger partial charge in [0.25, 0.3) is 0 Å². The van der Waals surface area contributed by atoms with Crippen LogP contribution < -0.4 is 9.47 Å². The van der Waals surface area contributed by atoms with Crippen molar-refractivity contribution in [1.82, 2.24) is 0 Å². The summed E-state index contributed by atoms with van der Waals surface area (Å²) in [7, 11) is 3.20. The number of carbonyl (C=O) groups is 1. The van der Waals surface area contributed by atoms with E-state index < -0.39 is 5.97 Å². The van der Waals surface area contributed by atoms with Crippen LogP contribution in [0.2, 0.25) is 0 Å². The van der Waals surface area contributed by atoms with Gasteiger partial charge in [0, 0.05) is 37.3 Å². The molecule has 0 aliphatic heterocycles. The third kappa shape index (κ3) is 7.57. The number of phenols is 1. The van der Waals surface area contributed by atoms with E-state index in [1.165, 1.54) is 5.56 Å². The first-order valence-electron chi connectivity index (χ1n) is 12.6. The normalized spacial score (nSPS) is 11.8. The minimum atomic E-state index is -0.512. The summed E-state index contributed by atoms with van der Waals surface area (Å²) in [6, 6.07) is 15.5. The van der Waals surface area contributed by atoms with Gasteiger partial charge in [-0.1, -0.05) is 61.4 Å². The minimum absolute atomic E-state index is 0.184. The van der Waals surface area contributed by atoms with Crippen molar-refractivity contribution in [2.45, 2.75) is 59.7 Å². The average Bonchev–Trinajstić information content (AvgIpc) is 2.87. The second-order valence-corrected chi connectivity index (χ2v) is 9.53. The summed E-state index contributed by atoms with van der Waals surface area (Å²) in [4.78, 5) is 12.9. The molecule has 0 fully saturated rings. The number of carbonyl (C=O) groups excluding carboxylic acids is 1. The fourth-order valence-corrected chi connectivity index (χ4v) is 4.41. The Morgan fingerprint density at radius 3 is 2.05 bits per heavy atom. The van der Waals surface area contributed by atoms with E-state index in [0.29, 0.717) is 36.0 Å². The van der Waals surface area contributed by atoms with Crippen molar-refractivity contribution in [3.63, 3.8) is 0 Å². The van der Waals surface area contributed by atoms with Crippen LogP contribution in [0.1, 0.15) is 65.1 Å². The molecule has 3 aromatic carbocycles. The lowest BCUT2D eigenvalue weighted by Crippen LogP contribution is -2.19. The molecule has 3 aromatic rings. The summed E-state index contributed by atoms with van der Waals surface area (Å²) in [5.41, 5.74) is 6.23. The molecule has 0 spiro atoms. The highest BCUT2D eigenvalue weighted by Crippen LogP contribution is 2.33. The number of benzene rings is 3. The SMILES string of the molecule is CCC(C)c1ccc(OCC(=O)Oc2c(COC)cc(C)cc2Cc2cc(C)cc(COC)c2O)cc1. The summed E-state index contributed by atoms with van der Waals surface area (Å²) in [6.07, 6.45) is 1.44. The van der Waals surface area contributed by atoms with E-state index in [0.717, 1.165) is 34.2 Å². The lowest BCUT2D eigenvalue weighted by atomic mass is 9.95. The Hall–Kier alpha value is -3.35. The molecular formula is C31H38O6. The Labute approximate surface area is 220 Å². The summed E-state index contributed by atoms with van der Waals surface area (Å²) in [6.45, 7) is 8.65. The number of aryl methyl sites for hydroxylation is 2. The van der Waals surface area contributed by atoms with Crippen LogP contribution in [0.4, 0.5) is 0 Å². The van der Waals surface area contributed by atoms with E-state index in [-0.39, 0.29) is 19.0 Å². The van der Waals surface area contributed by atoms with Crippen LogP contribution >= 0.6 is 0 Å². The maximum absolute atomic E-state index is 12.9. The summed E-state index contributed by atoms with van der Waals surface area (Å²) in [5.74, 6) is 1.19. The largest absolute Gasteiger partial charge is 0.507 e. The number of ether oxygens (including phenoxy) is 4. The Morgan fingerprint density at radius 1 is 0.865 bits per heavy atom. The van der Waals surface area contributed by atoms with Gasteiger partial charge in [-0.2, -0.15) is 0 Å². The maximum Gasteiger partial charge on any atom is 0.349 e. The number of hydrogen-bond acceptors (Lipinski definition) is 6. The number of aromatic hydroxyl groups is 1. The number of phenolic OH excluding ortho intramolecular Hbond substituents is 1. The highest BCUT2D eigenvalue weighted by molar-refractivity contribution is 5.75. The fourth-order valence-electron chi connectivity index (χ4n) is 4.41. The third-order valence-corrected chi connectivity index (χ3v) is 6.41. The molecule has 1 atom stereocenters. The Bertz CT molecular complexity index is 1200. The molecule has 6 heteroatoms. The first kappa shape index (κ1) is 28.2. The Kier molecular flexibility index (Phi) is 10.1. The van der Waals surface area contributed by atoms with Gasteiger partial charge in [0.05, 0.1) is 13.2 Å². The van der Waals surface area contributed by atoms with Gasteiger partial charge in [0.1, 0.15) is 17.2 Å². The van der Waals surface area contributed by atoms with Crippen molar-refractivity contribution < 1.29 is 28.8 Å². The number of hydrogen-bond donors (Lipinski definition) is 1. The van der Waals surface area contributed by atoms with Crippen LogP contribution in [-0.4, -0.2) is 31.9 Å². The van der Waals surface area contributed by atoms with E-state index >= 15 is 0 Å². The number of esters is 1. The van der Waals surface area contributed by atoms with E-state index in [9.17, 15) is 9.90 Å². The summed E-state index contributed by atoms with van der Waals surface area (Å²) in [5, 5.41) is 10.9. The first-order chi connectivity index (χ1) is 17.7. The molecule has 0 saturated carbocycles. The number of methoxy groups -OCH3 is 2. The molecule has 0 bridgehead atoms. The van der Waals surface area contributed by atoms with Gasteiger partial charge < -0.3 is 24.1 Å². The summed E-state index contributed by atoms with van der Waals surface area (Å²) >= 11 is 0. The highest BCUT2D eigenvalue weighted by atomic mass is 16.6. The van der Waals surface area contributed by atoms with Crippen molar-refractivity contribution in [1.29, 1.82) is 0 Å². The van der Waals surface area contributed by atoms with Gasteiger partial charge in [-0.25, -0.2) is 4.79 Å². The van der Waals surface area contributed by atoms with Crippen molar-refractivity contribution in [2.24, 2.45) is 0 Å². The molecule has 0 aromatic heterocycles. The molecule has 37 heavy (non-hydrogen) atoms. The van der Waals surface area contributed by atoms with E-state index in [2.05, 4.69) is 13.8 Å². The summed E-state index contributed by atoms with van der Waals surface area (Å²) < 4.78 is 22.2. The van der Waals surface area contributed by atoms with Crippen molar-refractivity contribution in [2.75, 3.05) is 20.8 Å². The van der Waals surface area contributed by atoms with Crippen LogP contribution in [0, 0.1) is 13.8 Å². The minimum Gasteiger partial charge on any atom is -0.507 e. The second-order valence-electron chi connectivity index (χ2n) is 9.53. The van der Waals surface area contributed by atoms with Crippen molar-refractivity contribution in [3.05, 3.63) is 87.5 Å². The Balaban J connectivity index is 1.83. The zero-order valence-electron chi connectivity index (χ0n) is 22.7. The molecule has 1 N–H and O–H groups in total. The molecule has 0 radical (unpaired) electrons. The monoisotopic (exact) mass is 506 g/mol. The molecule has 6 nitrogen and oxygen atoms in total. The zero-order valence-corrected chi connectivity index (χ0v) is 22.7. The maximum atomic E-state index is 12.9. The van der Waals surface area contributed by atoms with Crippen LogP contribution in [-0.2, 0) is 33.9 Å². The predicted octanol–water partition coefficient (Wildman–Crippen LogP) is 6.39. The van der Waals surface area contributed by atoms with Gasteiger partial charge in [0.15, 0.2) is 6.61 Å². The molecule has 0 aliphatic carbocycles. The van der Waals surface area contributed by atoms with Gasteiger partial charge in [0.2, 0.25) is 0 Å². The smallest absolute Gasteiger partial charge is 0.349 e. The molecular weight excluding hydrogens is 468 g/mol. The molecule has 198 valence electrons. The highest BCUT2D eigenvalue weighted by Gasteiger charge is 2.19. The van der Waals surface area contributed by atoms with Crippen LogP contribution in [0.3, 0.4) is 0 Å². The fraction of sp³-hybridized carbons (Fsp3) is 0.387. The van der Waals surface area contributed by atoms with Crippen LogP contribution in [0.25, 0.3) is 0 Å². The molecule has 0 aliphatic rings. The molecule has 0 saturated heterocycles. The molecule has 3 rings (SSSR count). The van der Waals surface area contributed by atoms with Gasteiger partial charge in [-0.05, 0) is 49.4 Å². The van der Waals surface area contributed by atoms with E-state index in [4.69, 9.17) is 18.9 Å². The van der Waals surface area contributed by atoms with Crippen LogP contribution in [0.15, 0.2) is 48.5 Å². The average molecular weight is 507 g/mol. The molecule has 1 unspecified atom stereocenters. The van der Waals surface area contributed by atoms with Crippen LogP contribution in [0.5, 0.6) is 17.2 Å².